The van der Waals surface area contributed by atoms with Crippen molar-refractivity contribution in [2.75, 3.05) is 19.5 Å². The predicted molar refractivity (Wildman–Crippen MR) is 97.4 cm³/mol. The summed E-state index contributed by atoms with van der Waals surface area (Å²) in [6.07, 6.45) is 2.82. The van der Waals surface area contributed by atoms with Crippen molar-refractivity contribution in [3.63, 3.8) is 0 Å². The zero-order valence-electron chi connectivity index (χ0n) is 13.5. The van der Waals surface area contributed by atoms with Gasteiger partial charge in [0.05, 0.1) is 24.8 Å². The fraction of sp³-hybridized carbons (Fsp3) is 0.118. The van der Waals surface area contributed by atoms with Crippen LogP contribution >= 0.6 is 15.9 Å². The number of hydrogen-bond donors (Lipinski definition) is 1. The number of nitro groups is 1. The number of nitrogens with zero attached hydrogens (tertiary/aromatic N) is 1. The lowest BCUT2D eigenvalue weighted by molar-refractivity contribution is -0.384. The zero-order valence-corrected chi connectivity index (χ0v) is 15.1. The molecule has 0 amide bonds. The standard InChI is InChI=1S/C17H15BrN2O5/c1-24-16-6-3-11(9-17(16)25-2)15(21)7-8-19-14-5-4-12(20(22)23)10-13(14)18/h3-10,19H,1-2H3. The Hall–Kier alpha value is -2.87. The summed E-state index contributed by atoms with van der Waals surface area (Å²) in [5.41, 5.74) is 1.02. The summed E-state index contributed by atoms with van der Waals surface area (Å²) >= 11 is 3.25. The molecule has 0 fully saturated rings. The molecule has 0 heterocycles. The quantitative estimate of drug-likeness (QED) is 0.321. The van der Waals surface area contributed by atoms with Crippen LogP contribution in [0.2, 0.25) is 0 Å². The van der Waals surface area contributed by atoms with Gasteiger partial charge in [0.15, 0.2) is 17.3 Å². The van der Waals surface area contributed by atoms with E-state index in [4.69, 9.17) is 9.47 Å². The van der Waals surface area contributed by atoms with Gasteiger partial charge in [-0.15, -0.1) is 0 Å². The molecule has 0 bridgehead atoms. The Balaban J connectivity index is 2.09. The molecule has 2 aromatic rings. The summed E-state index contributed by atoms with van der Waals surface area (Å²) in [7, 11) is 3.01. The van der Waals surface area contributed by atoms with Gasteiger partial charge in [0.2, 0.25) is 0 Å². The van der Waals surface area contributed by atoms with Crippen LogP contribution in [0.5, 0.6) is 11.5 Å². The van der Waals surface area contributed by atoms with Gasteiger partial charge in [-0.1, -0.05) is 0 Å². The first kappa shape index (κ1) is 18.5. The molecule has 8 heteroatoms. The number of benzene rings is 2. The van der Waals surface area contributed by atoms with Gasteiger partial charge in [-0.2, -0.15) is 0 Å². The fourth-order valence-corrected chi connectivity index (χ4v) is 2.51. The number of nitro benzene ring substituents is 1. The van der Waals surface area contributed by atoms with Gasteiger partial charge in [-0.05, 0) is 40.2 Å². The third-order valence-electron chi connectivity index (χ3n) is 3.31. The summed E-state index contributed by atoms with van der Waals surface area (Å²) in [6.45, 7) is 0. The van der Waals surface area contributed by atoms with Crippen molar-refractivity contribution in [2.24, 2.45) is 0 Å². The first-order valence-corrected chi connectivity index (χ1v) is 7.89. The number of hydrogen-bond acceptors (Lipinski definition) is 6. The van der Waals surface area contributed by atoms with Crippen molar-refractivity contribution in [1.82, 2.24) is 0 Å². The van der Waals surface area contributed by atoms with E-state index >= 15 is 0 Å². The fourth-order valence-electron chi connectivity index (χ4n) is 2.03. The number of carbonyl (C=O) groups is 1. The monoisotopic (exact) mass is 406 g/mol. The molecule has 0 saturated carbocycles. The minimum atomic E-state index is -0.481. The topological polar surface area (TPSA) is 90.7 Å². The summed E-state index contributed by atoms with van der Waals surface area (Å²) in [6, 6.07) is 9.18. The smallest absolute Gasteiger partial charge is 0.270 e. The molecule has 0 unspecified atom stereocenters. The lowest BCUT2D eigenvalue weighted by Crippen LogP contribution is -1.99. The molecule has 0 aliphatic rings. The Kier molecular flexibility index (Phi) is 6.13. The van der Waals surface area contributed by atoms with Crippen LogP contribution in [0.4, 0.5) is 11.4 Å². The van der Waals surface area contributed by atoms with Gasteiger partial charge in [-0.3, -0.25) is 14.9 Å². The Labute approximate surface area is 152 Å². The summed E-state index contributed by atoms with van der Waals surface area (Å²) in [5, 5.41) is 13.6. The maximum atomic E-state index is 12.2. The molecule has 0 aromatic heterocycles. The van der Waals surface area contributed by atoms with E-state index < -0.39 is 4.92 Å². The number of rotatable bonds is 7. The number of allylic oxidation sites excluding steroid dienone is 1. The third-order valence-corrected chi connectivity index (χ3v) is 3.96. The Morgan fingerprint density at radius 3 is 2.48 bits per heavy atom. The first-order chi connectivity index (χ1) is 12.0. The molecule has 25 heavy (non-hydrogen) atoms. The second-order valence-corrected chi connectivity index (χ2v) is 5.69. The molecule has 0 aliphatic heterocycles. The minimum absolute atomic E-state index is 0.0252. The predicted octanol–water partition coefficient (Wildman–Crippen LogP) is 4.18. The molecule has 2 aromatic carbocycles. The lowest BCUT2D eigenvalue weighted by atomic mass is 10.1. The maximum Gasteiger partial charge on any atom is 0.270 e. The zero-order chi connectivity index (χ0) is 18.4. The second kappa shape index (κ2) is 8.29. The van der Waals surface area contributed by atoms with Crippen molar-refractivity contribution >= 4 is 33.1 Å². The third kappa shape index (κ3) is 4.57. The van der Waals surface area contributed by atoms with E-state index in [2.05, 4.69) is 21.2 Å². The van der Waals surface area contributed by atoms with Crippen molar-refractivity contribution in [2.45, 2.75) is 0 Å². The van der Waals surface area contributed by atoms with Crippen LogP contribution in [0.15, 0.2) is 53.1 Å². The first-order valence-electron chi connectivity index (χ1n) is 7.09. The molecule has 2 rings (SSSR count). The SMILES string of the molecule is COc1ccc(C(=O)C=CNc2ccc([N+](=O)[O-])cc2Br)cc1OC. The van der Waals surface area contributed by atoms with Crippen LogP contribution in [0.25, 0.3) is 0 Å². The van der Waals surface area contributed by atoms with Gasteiger partial charge < -0.3 is 14.8 Å². The van der Waals surface area contributed by atoms with E-state index in [1.54, 1.807) is 24.3 Å². The van der Waals surface area contributed by atoms with E-state index in [1.807, 2.05) is 0 Å². The average molecular weight is 407 g/mol. The summed E-state index contributed by atoms with van der Waals surface area (Å²) in [5.74, 6) is 0.773. The molecule has 7 nitrogen and oxygen atoms in total. The summed E-state index contributed by atoms with van der Waals surface area (Å²) in [4.78, 5) is 22.4. The highest BCUT2D eigenvalue weighted by Gasteiger charge is 2.10. The number of methoxy groups -OCH3 is 2. The Morgan fingerprint density at radius 2 is 1.88 bits per heavy atom. The van der Waals surface area contributed by atoms with Crippen molar-refractivity contribution in [1.29, 1.82) is 0 Å². The van der Waals surface area contributed by atoms with Crippen LogP contribution in [-0.4, -0.2) is 24.9 Å². The molecule has 0 atom stereocenters. The number of non-ortho nitro benzene ring substituents is 1. The van der Waals surface area contributed by atoms with Crippen molar-refractivity contribution in [3.05, 3.63) is 68.8 Å². The highest BCUT2D eigenvalue weighted by molar-refractivity contribution is 9.10. The second-order valence-electron chi connectivity index (χ2n) is 4.83. The van der Waals surface area contributed by atoms with Crippen LogP contribution in [0.1, 0.15) is 10.4 Å². The Bertz CT molecular complexity index is 836. The minimum Gasteiger partial charge on any atom is -0.493 e. The highest BCUT2D eigenvalue weighted by Crippen LogP contribution is 2.28. The molecule has 0 aliphatic carbocycles. The van der Waals surface area contributed by atoms with E-state index in [-0.39, 0.29) is 11.5 Å². The molecule has 0 saturated heterocycles. The number of ketones is 1. The van der Waals surface area contributed by atoms with Gasteiger partial charge >= 0.3 is 0 Å². The van der Waals surface area contributed by atoms with Gasteiger partial charge in [-0.25, -0.2) is 0 Å². The molecule has 0 radical (unpaired) electrons. The lowest BCUT2D eigenvalue weighted by Gasteiger charge is -2.08. The number of carbonyl (C=O) groups excluding carboxylic acids is 1. The molecule has 0 spiro atoms. The number of anilines is 1. The molecular formula is C17H15BrN2O5. The average Bonchev–Trinajstić information content (AvgIpc) is 2.62. The van der Waals surface area contributed by atoms with Crippen LogP contribution < -0.4 is 14.8 Å². The van der Waals surface area contributed by atoms with Gasteiger partial charge in [0.25, 0.3) is 5.69 Å². The van der Waals surface area contributed by atoms with E-state index in [9.17, 15) is 14.9 Å². The normalized spacial score (nSPS) is 10.5. The van der Waals surface area contributed by atoms with Gasteiger partial charge in [0, 0.05) is 34.4 Å². The molecular weight excluding hydrogens is 392 g/mol. The van der Waals surface area contributed by atoms with Crippen LogP contribution in [-0.2, 0) is 0 Å². The largest absolute Gasteiger partial charge is 0.493 e. The van der Waals surface area contributed by atoms with Gasteiger partial charge in [0.1, 0.15) is 0 Å². The van der Waals surface area contributed by atoms with E-state index in [0.29, 0.717) is 27.2 Å². The van der Waals surface area contributed by atoms with Crippen molar-refractivity contribution in [3.8, 4) is 11.5 Å². The molecule has 1 N–H and O–H groups in total. The number of halogens is 1. The number of nitrogens with one attached hydrogen (secondary N) is 1. The highest BCUT2D eigenvalue weighted by atomic mass is 79.9. The Morgan fingerprint density at radius 1 is 1.16 bits per heavy atom. The van der Waals surface area contributed by atoms with E-state index in [1.165, 1.54) is 38.6 Å². The molecule has 130 valence electrons. The van der Waals surface area contributed by atoms with Crippen LogP contribution in [0.3, 0.4) is 0 Å². The van der Waals surface area contributed by atoms with E-state index in [0.717, 1.165) is 0 Å². The summed E-state index contributed by atoms with van der Waals surface area (Å²) < 4.78 is 10.8. The van der Waals surface area contributed by atoms with Crippen LogP contribution in [0, 0.1) is 10.1 Å². The maximum absolute atomic E-state index is 12.2. The number of ether oxygens (including phenoxy) is 2. The van der Waals surface area contributed by atoms with Crippen molar-refractivity contribution < 1.29 is 19.2 Å².